The van der Waals surface area contributed by atoms with Gasteiger partial charge in [-0.2, -0.15) is 0 Å². The van der Waals surface area contributed by atoms with Gasteiger partial charge >= 0.3 is 0 Å². The van der Waals surface area contributed by atoms with Crippen LogP contribution in [0.1, 0.15) is 42.1 Å². The van der Waals surface area contributed by atoms with Gasteiger partial charge in [0, 0.05) is 6.42 Å². The third-order valence-corrected chi connectivity index (χ3v) is 3.04. The first-order valence-corrected chi connectivity index (χ1v) is 6.32. The van der Waals surface area contributed by atoms with Crippen LogP contribution in [0.2, 0.25) is 0 Å². The average Bonchev–Trinajstić information content (AvgIpc) is 2.86. The lowest BCUT2D eigenvalue weighted by molar-refractivity contribution is -0.122. The molecule has 1 aromatic rings. The predicted octanol–water partition coefficient (Wildman–Crippen LogP) is 1.14. The molecular formula is C13H17N3O3. The van der Waals surface area contributed by atoms with Gasteiger partial charge in [0.05, 0.1) is 6.54 Å². The second-order valence-electron chi connectivity index (χ2n) is 4.59. The zero-order valence-corrected chi connectivity index (χ0v) is 10.6. The van der Waals surface area contributed by atoms with Crippen LogP contribution in [0.25, 0.3) is 0 Å². The van der Waals surface area contributed by atoms with Crippen molar-refractivity contribution in [3.05, 3.63) is 30.0 Å². The summed E-state index contributed by atoms with van der Waals surface area (Å²) in [5.41, 5.74) is 5.12. The number of primary amides is 1. The average molecular weight is 263 g/mol. The van der Waals surface area contributed by atoms with E-state index >= 15 is 0 Å². The van der Waals surface area contributed by atoms with E-state index in [9.17, 15) is 9.59 Å². The number of nitrogens with two attached hydrogens (primary N) is 1. The summed E-state index contributed by atoms with van der Waals surface area (Å²) < 4.78 is 5.03. The third-order valence-electron chi connectivity index (χ3n) is 3.04. The molecule has 6 heteroatoms. The smallest absolute Gasteiger partial charge is 0.270 e. The minimum atomic E-state index is -0.645. The van der Waals surface area contributed by atoms with Crippen molar-refractivity contribution in [3.63, 3.8) is 0 Å². The standard InChI is InChI=1S/C13H17N3O3/c14-13(18)10-8-19-12(16-10)7-15-11(17)6-9-4-2-1-3-5-9/h2,4,8-9H,1,3,5-7H2,(H2,14,18)(H,15,17). The third kappa shape index (κ3) is 3.94. The van der Waals surface area contributed by atoms with Gasteiger partial charge in [-0.05, 0) is 25.2 Å². The maximum atomic E-state index is 11.7. The summed E-state index contributed by atoms with van der Waals surface area (Å²) in [6, 6.07) is 0. The maximum Gasteiger partial charge on any atom is 0.270 e. The van der Waals surface area contributed by atoms with Crippen molar-refractivity contribution in [3.8, 4) is 0 Å². The summed E-state index contributed by atoms with van der Waals surface area (Å²) in [4.78, 5) is 26.4. The Morgan fingerprint density at radius 3 is 3.00 bits per heavy atom. The zero-order valence-electron chi connectivity index (χ0n) is 10.6. The number of oxazole rings is 1. The molecule has 1 aliphatic rings. The van der Waals surface area contributed by atoms with E-state index in [1.807, 2.05) is 0 Å². The summed E-state index contributed by atoms with van der Waals surface area (Å²) >= 11 is 0. The van der Waals surface area contributed by atoms with Crippen molar-refractivity contribution in [1.29, 1.82) is 0 Å². The van der Waals surface area contributed by atoms with Crippen LogP contribution in [-0.4, -0.2) is 16.8 Å². The van der Waals surface area contributed by atoms with Crippen molar-refractivity contribution in [2.45, 2.75) is 32.2 Å². The number of carbonyl (C=O) groups is 2. The fourth-order valence-corrected chi connectivity index (χ4v) is 2.04. The largest absolute Gasteiger partial charge is 0.446 e. The van der Waals surface area contributed by atoms with Crippen molar-refractivity contribution in [1.82, 2.24) is 10.3 Å². The minimum Gasteiger partial charge on any atom is -0.446 e. The van der Waals surface area contributed by atoms with Crippen molar-refractivity contribution in [2.75, 3.05) is 0 Å². The van der Waals surface area contributed by atoms with Crippen LogP contribution >= 0.6 is 0 Å². The molecule has 102 valence electrons. The molecule has 3 N–H and O–H groups in total. The Morgan fingerprint density at radius 2 is 2.37 bits per heavy atom. The van der Waals surface area contributed by atoms with Gasteiger partial charge in [0.15, 0.2) is 5.69 Å². The molecule has 0 radical (unpaired) electrons. The molecule has 2 amide bonds. The molecule has 1 aliphatic carbocycles. The van der Waals surface area contributed by atoms with Crippen LogP contribution in [-0.2, 0) is 11.3 Å². The number of hydrogen-bond donors (Lipinski definition) is 2. The van der Waals surface area contributed by atoms with Crippen LogP contribution in [0.3, 0.4) is 0 Å². The van der Waals surface area contributed by atoms with Crippen molar-refractivity contribution in [2.24, 2.45) is 11.7 Å². The Kier molecular flexibility index (Phi) is 4.33. The van der Waals surface area contributed by atoms with E-state index in [0.717, 1.165) is 19.3 Å². The Bertz CT molecular complexity index is 493. The highest BCUT2D eigenvalue weighted by Gasteiger charge is 2.14. The van der Waals surface area contributed by atoms with Crippen molar-refractivity contribution >= 4 is 11.8 Å². The molecule has 19 heavy (non-hydrogen) atoms. The van der Waals surface area contributed by atoms with Gasteiger partial charge in [0.25, 0.3) is 5.91 Å². The lowest BCUT2D eigenvalue weighted by Gasteiger charge is -2.15. The van der Waals surface area contributed by atoms with E-state index in [0.29, 0.717) is 12.3 Å². The summed E-state index contributed by atoms with van der Waals surface area (Å²) in [7, 11) is 0. The maximum absolute atomic E-state index is 11.7. The van der Waals surface area contributed by atoms with Crippen LogP contribution in [0, 0.1) is 5.92 Å². The second kappa shape index (κ2) is 6.17. The van der Waals surface area contributed by atoms with Gasteiger partial charge in [-0.3, -0.25) is 9.59 Å². The molecule has 0 saturated heterocycles. The molecule has 1 aromatic heterocycles. The van der Waals surface area contributed by atoms with Gasteiger partial charge in [-0.15, -0.1) is 0 Å². The Balaban J connectivity index is 1.77. The number of hydrogen-bond acceptors (Lipinski definition) is 4. The molecule has 0 spiro atoms. The summed E-state index contributed by atoms with van der Waals surface area (Å²) in [6.45, 7) is 0.169. The van der Waals surface area contributed by atoms with Gasteiger partial charge in [0.1, 0.15) is 6.26 Å². The van der Waals surface area contributed by atoms with E-state index in [1.165, 1.54) is 6.26 Å². The SMILES string of the molecule is NC(=O)c1coc(CNC(=O)CC2C=CCCC2)n1. The normalized spacial score (nSPS) is 18.2. The topological polar surface area (TPSA) is 98.2 Å². The van der Waals surface area contributed by atoms with Crippen LogP contribution < -0.4 is 11.1 Å². The van der Waals surface area contributed by atoms with Crippen LogP contribution in [0.5, 0.6) is 0 Å². The molecule has 0 aliphatic heterocycles. The highest BCUT2D eigenvalue weighted by Crippen LogP contribution is 2.19. The van der Waals surface area contributed by atoms with E-state index < -0.39 is 5.91 Å². The number of rotatable bonds is 5. The Morgan fingerprint density at radius 1 is 1.53 bits per heavy atom. The first-order chi connectivity index (χ1) is 9.15. The highest BCUT2D eigenvalue weighted by atomic mass is 16.3. The minimum absolute atomic E-state index is 0.0459. The number of carbonyl (C=O) groups excluding carboxylic acids is 2. The van der Waals surface area contributed by atoms with Crippen LogP contribution in [0.4, 0.5) is 0 Å². The molecule has 6 nitrogen and oxygen atoms in total. The lowest BCUT2D eigenvalue weighted by Crippen LogP contribution is -2.25. The van der Waals surface area contributed by atoms with E-state index in [4.69, 9.17) is 10.2 Å². The molecule has 1 unspecified atom stereocenters. The lowest BCUT2D eigenvalue weighted by atomic mass is 9.93. The molecule has 1 atom stereocenters. The first kappa shape index (κ1) is 13.3. The molecular weight excluding hydrogens is 246 g/mol. The van der Waals surface area contributed by atoms with Gasteiger partial charge in [-0.1, -0.05) is 12.2 Å². The zero-order chi connectivity index (χ0) is 13.7. The molecule has 0 fully saturated rings. The molecule has 0 bridgehead atoms. The summed E-state index contributed by atoms with van der Waals surface area (Å²) in [5, 5.41) is 2.72. The summed E-state index contributed by atoms with van der Waals surface area (Å²) in [6.07, 6.45) is 9.16. The fraction of sp³-hybridized carbons (Fsp3) is 0.462. The quantitative estimate of drug-likeness (QED) is 0.778. The van der Waals surface area contributed by atoms with Gasteiger partial charge < -0.3 is 15.5 Å². The van der Waals surface area contributed by atoms with Gasteiger partial charge in [-0.25, -0.2) is 4.98 Å². The first-order valence-electron chi connectivity index (χ1n) is 6.32. The van der Waals surface area contributed by atoms with Crippen LogP contribution in [0.15, 0.2) is 22.8 Å². The number of nitrogens with zero attached hydrogens (tertiary/aromatic N) is 1. The summed E-state index contributed by atoms with van der Waals surface area (Å²) in [5.74, 6) is -0.0927. The Labute approximate surface area is 111 Å². The van der Waals surface area contributed by atoms with E-state index in [-0.39, 0.29) is 24.0 Å². The van der Waals surface area contributed by atoms with E-state index in [2.05, 4.69) is 22.5 Å². The van der Waals surface area contributed by atoms with Gasteiger partial charge in [0.2, 0.25) is 11.8 Å². The number of allylic oxidation sites excluding steroid dienone is 2. The molecule has 0 aromatic carbocycles. The predicted molar refractivity (Wildman–Crippen MR) is 68.0 cm³/mol. The molecule has 0 saturated carbocycles. The Hall–Kier alpha value is -2.11. The highest BCUT2D eigenvalue weighted by molar-refractivity contribution is 5.90. The fourth-order valence-electron chi connectivity index (χ4n) is 2.04. The molecule has 1 heterocycles. The van der Waals surface area contributed by atoms with Crippen molar-refractivity contribution < 1.29 is 14.0 Å². The molecule has 2 rings (SSSR count). The number of nitrogens with one attached hydrogen (secondary N) is 1. The van der Waals surface area contributed by atoms with E-state index in [1.54, 1.807) is 0 Å². The second-order valence-corrected chi connectivity index (χ2v) is 4.59. The number of aromatic nitrogens is 1. The number of amides is 2. The monoisotopic (exact) mass is 263 g/mol.